The second-order valence-electron chi connectivity index (χ2n) is 3.56. The number of aromatic nitrogens is 2. The first kappa shape index (κ1) is 8.41. The van der Waals surface area contributed by atoms with Crippen molar-refractivity contribution in [3.05, 3.63) is 59.4 Å². The van der Waals surface area contributed by atoms with Crippen molar-refractivity contribution in [2.75, 3.05) is 0 Å². The fourth-order valence-corrected chi connectivity index (χ4v) is 2.00. The van der Waals surface area contributed by atoms with Gasteiger partial charge in [0.15, 0.2) is 0 Å². The molecule has 0 fully saturated rings. The highest BCUT2D eigenvalue weighted by atomic mass is 19.1. The number of benzene rings is 1. The molecule has 0 amide bonds. The molecule has 1 aromatic heterocycles. The van der Waals surface area contributed by atoms with Crippen LogP contribution in [0.4, 0.5) is 4.39 Å². The average molecular weight is 200 g/mol. The Hall–Kier alpha value is -1.90. The lowest BCUT2D eigenvalue weighted by Crippen LogP contribution is -1.91. The van der Waals surface area contributed by atoms with Crippen molar-refractivity contribution in [2.24, 2.45) is 0 Å². The monoisotopic (exact) mass is 200 g/mol. The van der Waals surface area contributed by atoms with Crippen molar-refractivity contribution in [1.29, 1.82) is 0 Å². The molecular weight excluding hydrogens is 191 g/mol. The average Bonchev–Trinajstić information content (AvgIpc) is 2.85. The maximum atomic E-state index is 13.7. The maximum Gasteiger partial charge on any atom is 0.131 e. The van der Waals surface area contributed by atoms with Gasteiger partial charge >= 0.3 is 0 Å². The molecule has 0 radical (unpaired) electrons. The summed E-state index contributed by atoms with van der Waals surface area (Å²) in [5.41, 5.74) is 3.54. The third-order valence-corrected chi connectivity index (χ3v) is 2.68. The summed E-state index contributed by atoms with van der Waals surface area (Å²) in [6.07, 6.45) is 6.14. The van der Waals surface area contributed by atoms with E-state index in [9.17, 15) is 4.39 Å². The van der Waals surface area contributed by atoms with Crippen molar-refractivity contribution in [1.82, 2.24) is 9.97 Å². The van der Waals surface area contributed by atoms with Crippen LogP contribution in [0.1, 0.15) is 16.8 Å². The largest absolute Gasteiger partial charge is 0.345 e. The maximum absolute atomic E-state index is 13.7. The smallest absolute Gasteiger partial charge is 0.131 e. The third kappa shape index (κ3) is 1.20. The summed E-state index contributed by atoms with van der Waals surface area (Å²) < 4.78 is 13.7. The molecule has 74 valence electrons. The molecule has 0 bridgehead atoms. The molecule has 0 atom stereocenters. The van der Waals surface area contributed by atoms with Crippen LogP contribution in [0.3, 0.4) is 0 Å². The Morgan fingerprint density at radius 2 is 2.27 bits per heavy atom. The zero-order valence-corrected chi connectivity index (χ0v) is 8.00. The number of hydrogen-bond donors (Lipinski definition) is 1. The zero-order chi connectivity index (χ0) is 10.3. The lowest BCUT2D eigenvalue weighted by Gasteiger charge is -2.04. The summed E-state index contributed by atoms with van der Waals surface area (Å²) >= 11 is 0. The first-order valence-corrected chi connectivity index (χ1v) is 4.83. The SMILES string of the molecule is Fc1cccc2c1C(c1cnc[nH]1)=CC2. The van der Waals surface area contributed by atoms with Crippen molar-refractivity contribution < 1.29 is 4.39 Å². The van der Waals surface area contributed by atoms with Gasteiger partial charge in [-0.3, -0.25) is 0 Å². The third-order valence-electron chi connectivity index (χ3n) is 2.68. The van der Waals surface area contributed by atoms with Crippen LogP contribution in [-0.4, -0.2) is 9.97 Å². The molecule has 0 aliphatic heterocycles. The van der Waals surface area contributed by atoms with E-state index < -0.39 is 0 Å². The minimum Gasteiger partial charge on any atom is -0.345 e. The minimum absolute atomic E-state index is 0.161. The van der Waals surface area contributed by atoms with Crippen LogP contribution in [-0.2, 0) is 6.42 Å². The molecule has 3 heteroatoms. The highest BCUT2D eigenvalue weighted by Gasteiger charge is 2.19. The number of aromatic amines is 1. The standard InChI is InChI=1S/C12H9FN2/c13-10-3-1-2-8-4-5-9(12(8)10)11-6-14-7-15-11/h1-3,5-7H,4H2,(H,14,15). The van der Waals surface area contributed by atoms with Gasteiger partial charge in [-0.25, -0.2) is 9.37 Å². The number of allylic oxidation sites excluding steroid dienone is 1. The van der Waals surface area contributed by atoms with Crippen molar-refractivity contribution in [3.8, 4) is 0 Å². The second kappa shape index (κ2) is 3.05. The molecule has 0 spiro atoms. The molecule has 0 saturated heterocycles. The molecule has 2 aromatic rings. The number of halogens is 1. The number of nitrogens with one attached hydrogen (secondary N) is 1. The summed E-state index contributed by atoms with van der Waals surface area (Å²) in [6, 6.07) is 5.20. The van der Waals surface area contributed by atoms with Crippen LogP contribution in [0.5, 0.6) is 0 Å². The van der Waals surface area contributed by atoms with E-state index in [0.717, 1.165) is 23.3 Å². The summed E-state index contributed by atoms with van der Waals surface area (Å²) in [6.45, 7) is 0. The van der Waals surface area contributed by atoms with Crippen LogP contribution >= 0.6 is 0 Å². The highest BCUT2D eigenvalue weighted by Crippen LogP contribution is 2.33. The lowest BCUT2D eigenvalue weighted by molar-refractivity contribution is 0.623. The summed E-state index contributed by atoms with van der Waals surface area (Å²) in [4.78, 5) is 6.95. The van der Waals surface area contributed by atoms with Gasteiger partial charge < -0.3 is 4.98 Å². The minimum atomic E-state index is -0.161. The molecule has 0 saturated carbocycles. The van der Waals surface area contributed by atoms with Gasteiger partial charge in [0.2, 0.25) is 0 Å². The Balaban J connectivity index is 2.18. The number of fused-ring (bicyclic) bond motifs is 1. The first-order valence-electron chi connectivity index (χ1n) is 4.83. The summed E-state index contributed by atoms with van der Waals surface area (Å²) in [5, 5.41) is 0. The fourth-order valence-electron chi connectivity index (χ4n) is 2.00. The molecule has 1 N–H and O–H groups in total. The van der Waals surface area contributed by atoms with Crippen LogP contribution in [0.2, 0.25) is 0 Å². The Bertz CT molecular complexity index is 527. The van der Waals surface area contributed by atoms with Gasteiger partial charge in [0.25, 0.3) is 0 Å². The number of rotatable bonds is 1. The van der Waals surface area contributed by atoms with E-state index >= 15 is 0 Å². The molecule has 15 heavy (non-hydrogen) atoms. The molecular formula is C12H9FN2. The number of nitrogens with zero attached hydrogens (tertiary/aromatic N) is 1. The lowest BCUT2D eigenvalue weighted by atomic mass is 10.0. The second-order valence-corrected chi connectivity index (χ2v) is 3.56. The van der Waals surface area contributed by atoms with E-state index in [4.69, 9.17) is 0 Å². The Morgan fingerprint density at radius 1 is 1.33 bits per heavy atom. The number of H-pyrrole nitrogens is 1. The predicted molar refractivity (Wildman–Crippen MR) is 55.8 cm³/mol. The van der Waals surface area contributed by atoms with E-state index in [1.54, 1.807) is 18.6 Å². The van der Waals surface area contributed by atoms with Crippen molar-refractivity contribution in [2.45, 2.75) is 6.42 Å². The van der Waals surface area contributed by atoms with Gasteiger partial charge in [0, 0.05) is 11.1 Å². The topological polar surface area (TPSA) is 28.7 Å². The fraction of sp³-hybridized carbons (Fsp3) is 0.0833. The van der Waals surface area contributed by atoms with Gasteiger partial charge in [0.1, 0.15) is 5.82 Å². The van der Waals surface area contributed by atoms with Gasteiger partial charge in [-0.2, -0.15) is 0 Å². The van der Waals surface area contributed by atoms with Gasteiger partial charge in [-0.15, -0.1) is 0 Å². The Kier molecular flexibility index (Phi) is 1.71. The van der Waals surface area contributed by atoms with Gasteiger partial charge in [-0.1, -0.05) is 18.2 Å². The van der Waals surface area contributed by atoms with E-state index in [1.807, 2.05) is 12.1 Å². The van der Waals surface area contributed by atoms with Crippen LogP contribution < -0.4 is 0 Å². The Morgan fingerprint density at radius 3 is 3.07 bits per heavy atom. The molecule has 1 aliphatic carbocycles. The number of imidazole rings is 1. The summed E-state index contributed by atoms with van der Waals surface area (Å²) in [7, 11) is 0. The van der Waals surface area contributed by atoms with Crippen LogP contribution in [0, 0.1) is 5.82 Å². The first-order chi connectivity index (χ1) is 7.36. The zero-order valence-electron chi connectivity index (χ0n) is 8.00. The van der Waals surface area contributed by atoms with Gasteiger partial charge in [0.05, 0.1) is 18.2 Å². The number of hydrogen-bond acceptors (Lipinski definition) is 1. The van der Waals surface area contributed by atoms with Crippen molar-refractivity contribution in [3.63, 3.8) is 0 Å². The molecule has 3 rings (SSSR count). The normalized spacial score (nSPS) is 13.8. The Labute approximate surface area is 86.5 Å². The highest BCUT2D eigenvalue weighted by molar-refractivity contribution is 5.83. The van der Waals surface area contributed by atoms with E-state index in [-0.39, 0.29) is 5.82 Å². The molecule has 1 heterocycles. The molecule has 2 nitrogen and oxygen atoms in total. The summed E-state index contributed by atoms with van der Waals surface area (Å²) in [5.74, 6) is -0.161. The predicted octanol–water partition coefficient (Wildman–Crippen LogP) is 2.54. The molecule has 1 aromatic carbocycles. The molecule has 1 aliphatic rings. The van der Waals surface area contributed by atoms with Crippen LogP contribution in [0.25, 0.3) is 5.57 Å². The van der Waals surface area contributed by atoms with E-state index in [0.29, 0.717) is 5.56 Å². The van der Waals surface area contributed by atoms with Crippen LogP contribution in [0.15, 0.2) is 36.8 Å². The quantitative estimate of drug-likeness (QED) is 0.752. The van der Waals surface area contributed by atoms with E-state index in [2.05, 4.69) is 9.97 Å². The molecule has 0 unspecified atom stereocenters. The van der Waals surface area contributed by atoms with Gasteiger partial charge in [-0.05, 0) is 18.1 Å². The van der Waals surface area contributed by atoms with Crippen molar-refractivity contribution >= 4 is 5.57 Å². The van der Waals surface area contributed by atoms with E-state index in [1.165, 1.54) is 6.07 Å².